The summed E-state index contributed by atoms with van der Waals surface area (Å²) in [6, 6.07) is 6.36. The SMILES string of the molecule is COC(=O)c1ccncc1NC1NN(CCCCCN(C)C)c2ccc(F)cc21. The van der Waals surface area contributed by atoms with Crippen LogP contribution in [0.3, 0.4) is 0 Å². The van der Waals surface area contributed by atoms with E-state index in [1.54, 1.807) is 18.3 Å². The topological polar surface area (TPSA) is 69.7 Å². The normalized spacial score (nSPS) is 15.5. The molecule has 0 amide bonds. The van der Waals surface area contributed by atoms with Crippen molar-refractivity contribution in [2.45, 2.75) is 25.4 Å². The van der Waals surface area contributed by atoms with Gasteiger partial charge >= 0.3 is 5.97 Å². The highest BCUT2D eigenvalue weighted by atomic mass is 19.1. The first-order valence-electron chi connectivity index (χ1n) is 9.76. The summed E-state index contributed by atoms with van der Waals surface area (Å²) >= 11 is 0. The second-order valence-electron chi connectivity index (χ2n) is 7.34. The molecule has 156 valence electrons. The summed E-state index contributed by atoms with van der Waals surface area (Å²) in [6.45, 7) is 1.87. The third-order valence-corrected chi connectivity index (χ3v) is 4.89. The molecule has 0 bridgehead atoms. The van der Waals surface area contributed by atoms with E-state index in [4.69, 9.17) is 4.74 Å². The van der Waals surface area contributed by atoms with Crippen LogP contribution in [0.2, 0.25) is 0 Å². The van der Waals surface area contributed by atoms with Crippen LogP contribution in [0.4, 0.5) is 15.8 Å². The van der Waals surface area contributed by atoms with Gasteiger partial charge in [-0.2, -0.15) is 0 Å². The standard InChI is InChI=1S/C21H28FN5O2/c1-26(2)11-5-4-6-12-27-19-8-7-15(22)13-17(19)20(25-27)24-18-14-23-10-9-16(18)21(28)29-3/h7-10,13-14,20,24-25H,4-6,11-12H2,1-3H3. The van der Waals surface area contributed by atoms with Crippen LogP contribution in [0.1, 0.15) is 41.3 Å². The average molecular weight is 401 g/mol. The Balaban J connectivity index is 1.73. The maximum atomic E-state index is 13.9. The Hall–Kier alpha value is -2.71. The van der Waals surface area contributed by atoms with Gasteiger partial charge in [0, 0.05) is 18.3 Å². The molecule has 1 unspecified atom stereocenters. The number of hydrogen-bond acceptors (Lipinski definition) is 7. The summed E-state index contributed by atoms with van der Waals surface area (Å²) in [5, 5.41) is 5.30. The molecule has 0 saturated heterocycles. The number of halogens is 1. The molecule has 1 aromatic heterocycles. The molecule has 0 aliphatic carbocycles. The predicted molar refractivity (Wildman–Crippen MR) is 111 cm³/mol. The van der Waals surface area contributed by atoms with E-state index in [2.05, 4.69) is 34.7 Å². The van der Waals surface area contributed by atoms with E-state index in [0.29, 0.717) is 11.3 Å². The number of aromatic nitrogens is 1. The van der Waals surface area contributed by atoms with Gasteiger partial charge in [-0.25, -0.2) is 14.6 Å². The lowest BCUT2D eigenvalue weighted by Crippen LogP contribution is -2.38. The number of carbonyl (C=O) groups is 1. The lowest BCUT2D eigenvalue weighted by molar-refractivity contribution is 0.0601. The van der Waals surface area contributed by atoms with Crippen LogP contribution in [0, 0.1) is 5.82 Å². The van der Waals surface area contributed by atoms with Crippen molar-refractivity contribution in [2.75, 3.05) is 44.6 Å². The number of pyridine rings is 1. The number of nitrogens with zero attached hydrogens (tertiary/aromatic N) is 3. The zero-order valence-electron chi connectivity index (χ0n) is 17.1. The van der Waals surface area contributed by atoms with E-state index in [-0.39, 0.29) is 12.0 Å². The molecule has 1 aromatic carbocycles. The molecule has 29 heavy (non-hydrogen) atoms. The fraction of sp³-hybridized carbons (Fsp3) is 0.429. The van der Waals surface area contributed by atoms with E-state index in [9.17, 15) is 9.18 Å². The molecule has 1 atom stereocenters. The van der Waals surface area contributed by atoms with Crippen LogP contribution in [0.5, 0.6) is 0 Å². The molecule has 0 fully saturated rings. The summed E-state index contributed by atoms with van der Waals surface area (Å²) < 4.78 is 18.8. The second kappa shape index (κ2) is 9.67. The minimum atomic E-state index is -0.454. The van der Waals surface area contributed by atoms with Crippen molar-refractivity contribution in [1.29, 1.82) is 0 Å². The summed E-state index contributed by atoms with van der Waals surface area (Å²) in [5.41, 5.74) is 6.01. The number of ether oxygens (including phenoxy) is 1. The highest BCUT2D eigenvalue weighted by molar-refractivity contribution is 5.95. The van der Waals surface area contributed by atoms with E-state index in [0.717, 1.165) is 43.6 Å². The Kier molecular flexibility index (Phi) is 7.00. The maximum absolute atomic E-state index is 13.9. The van der Waals surface area contributed by atoms with E-state index < -0.39 is 5.97 Å². The van der Waals surface area contributed by atoms with Crippen molar-refractivity contribution in [3.8, 4) is 0 Å². The van der Waals surface area contributed by atoms with Gasteiger partial charge in [-0.1, -0.05) is 6.42 Å². The number of hydrogen-bond donors (Lipinski definition) is 2. The number of anilines is 2. The van der Waals surface area contributed by atoms with Crippen molar-refractivity contribution in [3.05, 3.63) is 53.6 Å². The van der Waals surface area contributed by atoms with Crippen molar-refractivity contribution >= 4 is 17.3 Å². The number of benzene rings is 1. The van der Waals surface area contributed by atoms with Crippen LogP contribution >= 0.6 is 0 Å². The van der Waals surface area contributed by atoms with E-state index >= 15 is 0 Å². The number of hydrazine groups is 1. The highest BCUT2D eigenvalue weighted by Gasteiger charge is 2.29. The maximum Gasteiger partial charge on any atom is 0.340 e. The Bertz CT molecular complexity index is 846. The monoisotopic (exact) mass is 401 g/mol. The molecule has 2 N–H and O–H groups in total. The number of unbranched alkanes of at least 4 members (excludes halogenated alkanes) is 2. The fourth-order valence-electron chi connectivity index (χ4n) is 3.42. The second-order valence-corrected chi connectivity index (χ2v) is 7.34. The van der Waals surface area contributed by atoms with Crippen molar-refractivity contribution < 1.29 is 13.9 Å². The summed E-state index contributed by atoms with van der Waals surface area (Å²) in [5.74, 6) is -0.755. The summed E-state index contributed by atoms with van der Waals surface area (Å²) in [7, 11) is 5.48. The quantitative estimate of drug-likeness (QED) is 0.494. The molecule has 1 aliphatic heterocycles. The Morgan fingerprint density at radius 2 is 2.14 bits per heavy atom. The average Bonchev–Trinajstić information content (AvgIpc) is 3.04. The summed E-state index contributed by atoms with van der Waals surface area (Å²) in [4.78, 5) is 18.3. The molecule has 0 saturated carbocycles. The van der Waals surface area contributed by atoms with Crippen molar-refractivity contribution in [3.63, 3.8) is 0 Å². The Labute approximate surface area is 170 Å². The highest BCUT2D eigenvalue weighted by Crippen LogP contribution is 2.34. The molecule has 2 heterocycles. The van der Waals surface area contributed by atoms with Crippen LogP contribution in [0.25, 0.3) is 0 Å². The van der Waals surface area contributed by atoms with Gasteiger partial charge in [0.1, 0.15) is 12.0 Å². The van der Waals surface area contributed by atoms with Crippen LogP contribution in [-0.2, 0) is 4.74 Å². The van der Waals surface area contributed by atoms with Gasteiger partial charge < -0.3 is 20.0 Å². The van der Waals surface area contributed by atoms with Gasteiger partial charge in [-0.3, -0.25) is 4.98 Å². The van der Waals surface area contributed by atoms with Gasteiger partial charge in [0.25, 0.3) is 0 Å². The first-order chi connectivity index (χ1) is 14.0. The number of rotatable bonds is 9. The Morgan fingerprint density at radius 1 is 1.31 bits per heavy atom. The van der Waals surface area contributed by atoms with Crippen LogP contribution in [0.15, 0.2) is 36.7 Å². The molecule has 8 heteroatoms. The molecule has 0 spiro atoms. The van der Waals surface area contributed by atoms with Crippen LogP contribution in [-0.4, -0.2) is 50.1 Å². The lowest BCUT2D eigenvalue weighted by Gasteiger charge is -2.22. The number of methoxy groups -OCH3 is 1. The van der Waals surface area contributed by atoms with Gasteiger partial charge in [0.2, 0.25) is 0 Å². The minimum absolute atomic E-state index is 0.301. The number of nitrogens with one attached hydrogen (secondary N) is 2. The molecular formula is C21H28FN5O2. The lowest BCUT2D eigenvalue weighted by atomic mass is 10.1. The smallest absolute Gasteiger partial charge is 0.340 e. The molecule has 2 aromatic rings. The molecule has 0 radical (unpaired) electrons. The number of fused-ring (bicyclic) bond motifs is 1. The van der Waals surface area contributed by atoms with Crippen molar-refractivity contribution in [1.82, 2.24) is 15.3 Å². The molecule has 1 aliphatic rings. The minimum Gasteiger partial charge on any atom is -0.465 e. The zero-order chi connectivity index (χ0) is 20.8. The molecular weight excluding hydrogens is 373 g/mol. The largest absolute Gasteiger partial charge is 0.465 e. The first kappa shape index (κ1) is 21.0. The Morgan fingerprint density at radius 3 is 2.90 bits per heavy atom. The third-order valence-electron chi connectivity index (χ3n) is 4.89. The molecule has 7 nitrogen and oxygen atoms in total. The number of carbonyl (C=O) groups excluding carboxylic acids is 1. The van der Waals surface area contributed by atoms with Gasteiger partial charge in [0.15, 0.2) is 0 Å². The zero-order valence-corrected chi connectivity index (χ0v) is 17.1. The van der Waals surface area contributed by atoms with Gasteiger partial charge in [0.05, 0.1) is 30.2 Å². The van der Waals surface area contributed by atoms with Crippen LogP contribution < -0.4 is 15.8 Å². The first-order valence-corrected chi connectivity index (χ1v) is 9.76. The third kappa shape index (κ3) is 5.21. The summed E-state index contributed by atoms with van der Waals surface area (Å²) in [6.07, 6.45) is 5.99. The van der Waals surface area contributed by atoms with Gasteiger partial charge in [-0.05, 0) is 57.7 Å². The predicted octanol–water partition coefficient (Wildman–Crippen LogP) is 3.17. The van der Waals surface area contributed by atoms with Gasteiger partial charge in [-0.15, -0.1) is 0 Å². The number of esters is 1. The van der Waals surface area contributed by atoms with E-state index in [1.165, 1.54) is 25.4 Å². The fourth-order valence-corrected chi connectivity index (χ4v) is 3.42. The van der Waals surface area contributed by atoms with Crippen molar-refractivity contribution in [2.24, 2.45) is 0 Å². The molecule has 3 rings (SSSR count). The van der Waals surface area contributed by atoms with E-state index in [1.807, 2.05) is 5.01 Å².